The van der Waals surface area contributed by atoms with Gasteiger partial charge in [0.05, 0.1) is 0 Å². The van der Waals surface area contributed by atoms with E-state index in [1.165, 1.54) is 12.8 Å². The first-order valence-corrected chi connectivity index (χ1v) is 4.64. The van der Waals surface area contributed by atoms with E-state index in [0.29, 0.717) is 5.75 Å². The fourth-order valence-corrected chi connectivity index (χ4v) is 1.32. The van der Waals surface area contributed by atoms with Gasteiger partial charge < -0.3 is 4.55 Å². The third-order valence-corrected chi connectivity index (χ3v) is 2.27. The summed E-state index contributed by atoms with van der Waals surface area (Å²) in [4.78, 5) is 0. The molecule has 0 aromatic carbocycles. The number of rotatable bonds is 4. The van der Waals surface area contributed by atoms with Gasteiger partial charge in [-0.3, -0.25) is 0 Å². The normalized spacial score (nSPS) is 21.9. The molecule has 0 saturated heterocycles. The molecule has 1 fully saturated rings. The summed E-state index contributed by atoms with van der Waals surface area (Å²) in [6, 6.07) is 0. The Balaban J connectivity index is 1.86. The van der Waals surface area contributed by atoms with E-state index in [1.54, 1.807) is 0 Å². The minimum absolute atomic E-state index is 0.469. The summed E-state index contributed by atoms with van der Waals surface area (Å²) in [5.41, 5.74) is 0. The van der Waals surface area contributed by atoms with Crippen molar-refractivity contribution in [3.63, 3.8) is 0 Å². The van der Waals surface area contributed by atoms with Gasteiger partial charge in [0, 0.05) is 5.75 Å². The standard InChI is InChI=1S/C6H12O2S/c7-9(8)5-1-2-6-3-4-6/h6H,1-5H2,(H,7,8). The van der Waals surface area contributed by atoms with Crippen LogP contribution in [0.2, 0.25) is 0 Å². The molecular formula is C6H12O2S. The molecule has 3 heteroatoms. The van der Waals surface area contributed by atoms with Crippen LogP contribution in [0.25, 0.3) is 0 Å². The van der Waals surface area contributed by atoms with Crippen molar-refractivity contribution in [1.82, 2.24) is 0 Å². The topological polar surface area (TPSA) is 37.3 Å². The van der Waals surface area contributed by atoms with Gasteiger partial charge in [0.15, 0.2) is 11.1 Å². The molecule has 1 saturated carbocycles. The zero-order valence-corrected chi connectivity index (χ0v) is 6.19. The summed E-state index contributed by atoms with van der Waals surface area (Å²) < 4.78 is 18.5. The number of hydrogen-bond acceptors (Lipinski definition) is 1. The quantitative estimate of drug-likeness (QED) is 0.612. The lowest BCUT2D eigenvalue weighted by molar-refractivity contribution is 0.558. The maximum Gasteiger partial charge on any atom is 0.152 e. The van der Waals surface area contributed by atoms with Crippen molar-refractivity contribution in [2.45, 2.75) is 25.7 Å². The third-order valence-electron chi connectivity index (χ3n) is 1.63. The van der Waals surface area contributed by atoms with Crippen LogP contribution in [0.3, 0.4) is 0 Å². The molecular weight excluding hydrogens is 136 g/mol. The molecule has 0 amide bonds. The second-order valence-corrected chi connectivity index (χ2v) is 3.66. The first-order chi connectivity index (χ1) is 4.29. The predicted octanol–water partition coefficient (Wildman–Crippen LogP) is 1.40. The van der Waals surface area contributed by atoms with Crippen LogP contribution in [0.5, 0.6) is 0 Å². The Bertz CT molecular complexity index is 110. The zero-order chi connectivity index (χ0) is 6.69. The van der Waals surface area contributed by atoms with Crippen LogP contribution in [0.1, 0.15) is 25.7 Å². The summed E-state index contributed by atoms with van der Waals surface area (Å²) in [5.74, 6) is 1.37. The highest BCUT2D eigenvalue weighted by Crippen LogP contribution is 2.33. The Labute approximate surface area is 57.9 Å². The van der Waals surface area contributed by atoms with Crippen molar-refractivity contribution < 1.29 is 8.76 Å². The maximum absolute atomic E-state index is 10.1. The summed E-state index contributed by atoms with van der Waals surface area (Å²) in [7, 11) is 0. The molecule has 1 atom stereocenters. The van der Waals surface area contributed by atoms with Crippen LogP contribution in [-0.2, 0) is 11.1 Å². The van der Waals surface area contributed by atoms with Crippen LogP contribution in [-0.4, -0.2) is 14.5 Å². The molecule has 1 rings (SSSR count). The summed E-state index contributed by atoms with van der Waals surface area (Å²) >= 11 is -1.55. The monoisotopic (exact) mass is 148 g/mol. The van der Waals surface area contributed by atoms with E-state index in [-0.39, 0.29) is 0 Å². The molecule has 0 aromatic heterocycles. The Morgan fingerprint density at radius 2 is 2.22 bits per heavy atom. The van der Waals surface area contributed by atoms with E-state index in [9.17, 15) is 4.21 Å². The van der Waals surface area contributed by atoms with E-state index in [1.807, 2.05) is 0 Å². The van der Waals surface area contributed by atoms with Crippen LogP contribution in [0, 0.1) is 5.92 Å². The Morgan fingerprint density at radius 1 is 1.56 bits per heavy atom. The highest BCUT2D eigenvalue weighted by Gasteiger charge is 2.20. The first kappa shape index (κ1) is 7.22. The molecule has 1 aliphatic rings. The third kappa shape index (κ3) is 3.65. The highest BCUT2D eigenvalue weighted by atomic mass is 32.2. The Hall–Kier alpha value is 0.110. The Morgan fingerprint density at radius 3 is 2.67 bits per heavy atom. The largest absolute Gasteiger partial charge is 0.306 e. The average molecular weight is 148 g/mol. The van der Waals surface area contributed by atoms with Crippen molar-refractivity contribution in [3.05, 3.63) is 0 Å². The molecule has 0 heterocycles. The second kappa shape index (κ2) is 3.32. The highest BCUT2D eigenvalue weighted by molar-refractivity contribution is 7.79. The molecule has 0 radical (unpaired) electrons. The fraction of sp³-hybridized carbons (Fsp3) is 1.00. The van der Waals surface area contributed by atoms with Gasteiger partial charge >= 0.3 is 0 Å². The van der Waals surface area contributed by atoms with Crippen LogP contribution in [0.4, 0.5) is 0 Å². The van der Waals surface area contributed by atoms with Crippen LogP contribution in [0.15, 0.2) is 0 Å². The molecule has 2 nitrogen and oxygen atoms in total. The van der Waals surface area contributed by atoms with Gasteiger partial charge in [-0.2, -0.15) is 0 Å². The predicted molar refractivity (Wildman–Crippen MR) is 37.6 cm³/mol. The molecule has 0 aliphatic heterocycles. The molecule has 1 N–H and O–H groups in total. The van der Waals surface area contributed by atoms with Gasteiger partial charge in [-0.05, 0) is 18.8 Å². The van der Waals surface area contributed by atoms with E-state index < -0.39 is 11.1 Å². The van der Waals surface area contributed by atoms with Gasteiger partial charge in [0.2, 0.25) is 0 Å². The van der Waals surface area contributed by atoms with Crippen molar-refractivity contribution in [3.8, 4) is 0 Å². The van der Waals surface area contributed by atoms with Gasteiger partial charge in [0.1, 0.15) is 0 Å². The zero-order valence-electron chi connectivity index (χ0n) is 5.38. The molecule has 0 spiro atoms. The van der Waals surface area contributed by atoms with Gasteiger partial charge in [0.25, 0.3) is 0 Å². The maximum atomic E-state index is 10.1. The van der Waals surface area contributed by atoms with Crippen molar-refractivity contribution >= 4 is 11.1 Å². The van der Waals surface area contributed by atoms with Gasteiger partial charge in [-0.25, -0.2) is 4.21 Å². The number of hydrogen-bond donors (Lipinski definition) is 1. The molecule has 9 heavy (non-hydrogen) atoms. The van der Waals surface area contributed by atoms with E-state index in [2.05, 4.69) is 0 Å². The van der Waals surface area contributed by atoms with E-state index >= 15 is 0 Å². The fourth-order valence-electron chi connectivity index (χ4n) is 0.902. The minimum atomic E-state index is -1.55. The van der Waals surface area contributed by atoms with Gasteiger partial charge in [-0.15, -0.1) is 0 Å². The van der Waals surface area contributed by atoms with Gasteiger partial charge in [-0.1, -0.05) is 12.8 Å². The molecule has 0 aromatic rings. The average Bonchev–Trinajstić information content (AvgIpc) is 2.48. The summed E-state index contributed by atoms with van der Waals surface area (Å²) in [5, 5.41) is 0. The minimum Gasteiger partial charge on any atom is -0.306 e. The molecule has 54 valence electrons. The Kier molecular flexibility index (Phi) is 2.66. The van der Waals surface area contributed by atoms with Crippen molar-refractivity contribution in [2.24, 2.45) is 5.92 Å². The van der Waals surface area contributed by atoms with E-state index in [4.69, 9.17) is 4.55 Å². The second-order valence-electron chi connectivity index (χ2n) is 2.61. The molecule has 1 aliphatic carbocycles. The lowest BCUT2D eigenvalue weighted by Gasteiger charge is -1.92. The van der Waals surface area contributed by atoms with Crippen LogP contribution < -0.4 is 0 Å². The lowest BCUT2D eigenvalue weighted by Crippen LogP contribution is -1.94. The van der Waals surface area contributed by atoms with Crippen molar-refractivity contribution in [1.29, 1.82) is 0 Å². The summed E-state index contributed by atoms with van der Waals surface area (Å²) in [6.07, 6.45) is 4.77. The SMILES string of the molecule is O=S(O)CCCC1CC1. The first-order valence-electron chi connectivity index (χ1n) is 3.36. The van der Waals surface area contributed by atoms with Crippen LogP contribution >= 0.6 is 0 Å². The smallest absolute Gasteiger partial charge is 0.152 e. The van der Waals surface area contributed by atoms with E-state index in [0.717, 1.165) is 18.8 Å². The molecule has 1 unspecified atom stereocenters. The van der Waals surface area contributed by atoms with Crippen molar-refractivity contribution in [2.75, 3.05) is 5.75 Å². The lowest BCUT2D eigenvalue weighted by atomic mass is 10.2. The summed E-state index contributed by atoms with van der Waals surface area (Å²) in [6.45, 7) is 0. The molecule has 0 bridgehead atoms.